The number of imidazole rings is 1. The lowest BCUT2D eigenvalue weighted by molar-refractivity contribution is 0.930. The Bertz CT molecular complexity index is 1810. The second-order valence-electron chi connectivity index (χ2n) is 8.67. The summed E-state index contributed by atoms with van der Waals surface area (Å²) in [7, 11) is 0. The van der Waals surface area contributed by atoms with Crippen molar-refractivity contribution >= 4 is 23.2 Å². The van der Waals surface area contributed by atoms with Crippen LogP contribution in [0.2, 0.25) is 0 Å². The van der Waals surface area contributed by atoms with E-state index in [0.717, 1.165) is 50.7 Å². The highest BCUT2D eigenvalue weighted by atomic mass is 15.3. The summed E-state index contributed by atoms with van der Waals surface area (Å²) in [6.45, 7) is 3.82. The molecule has 0 atom stereocenters. The van der Waals surface area contributed by atoms with Gasteiger partial charge in [-0.15, -0.1) is 0 Å². The predicted octanol–water partition coefficient (Wildman–Crippen LogP) is 7.24. The minimum atomic E-state index is 0.713. The third-order valence-electron chi connectivity index (χ3n) is 6.17. The number of nitrogens with zero attached hydrogens (tertiary/aromatic N) is 4. The van der Waals surface area contributed by atoms with Gasteiger partial charge in [-0.25, -0.2) is 14.5 Å². The first-order valence-electron chi connectivity index (χ1n) is 12.2. The largest absolute Gasteiger partial charge is 0.340 e. The van der Waals surface area contributed by atoms with Crippen LogP contribution in [0.15, 0.2) is 122 Å². The van der Waals surface area contributed by atoms with Crippen LogP contribution in [0.1, 0.15) is 16.8 Å². The van der Waals surface area contributed by atoms with Crippen molar-refractivity contribution in [2.75, 3.05) is 5.32 Å². The van der Waals surface area contributed by atoms with Crippen molar-refractivity contribution in [2.24, 2.45) is 0 Å². The second kappa shape index (κ2) is 10.3. The normalized spacial score (nSPS) is 10.5. The standard InChI is InChI=1S/C33H23N5/c1-2-24-12-15-27(16-13-24)30-18-19-33-35-23-28(38(33)37-30)17-14-25-20-21-34-32(22-25)36-31-11-7-6-10-29(31)26-8-4-3-5-9-26/h2-13,15-16,18-23H,1H2,(H,34,36). The lowest BCUT2D eigenvalue weighted by Crippen LogP contribution is -1.97. The fourth-order valence-corrected chi connectivity index (χ4v) is 4.21. The van der Waals surface area contributed by atoms with Crippen molar-refractivity contribution in [3.05, 3.63) is 139 Å². The highest BCUT2D eigenvalue weighted by molar-refractivity contribution is 5.80. The number of benzene rings is 3. The molecule has 0 saturated heterocycles. The highest BCUT2D eigenvalue weighted by Gasteiger charge is 2.07. The summed E-state index contributed by atoms with van der Waals surface area (Å²) >= 11 is 0. The van der Waals surface area contributed by atoms with Gasteiger partial charge in [0.2, 0.25) is 0 Å². The van der Waals surface area contributed by atoms with Gasteiger partial charge in [-0.3, -0.25) is 0 Å². The number of nitrogens with one attached hydrogen (secondary N) is 1. The number of hydrogen-bond acceptors (Lipinski definition) is 4. The Morgan fingerprint density at radius 3 is 2.42 bits per heavy atom. The molecule has 0 unspecified atom stereocenters. The van der Waals surface area contributed by atoms with Crippen molar-refractivity contribution < 1.29 is 0 Å². The van der Waals surface area contributed by atoms with Crippen LogP contribution in [0.3, 0.4) is 0 Å². The van der Waals surface area contributed by atoms with Crippen LogP contribution in [0.5, 0.6) is 0 Å². The number of hydrogen-bond donors (Lipinski definition) is 1. The van der Waals surface area contributed by atoms with Crippen LogP contribution in [0.4, 0.5) is 11.5 Å². The first kappa shape index (κ1) is 23.0. The van der Waals surface area contributed by atoms with E-state index in [4.69, 9.17) is 5.10 Å². The number of anilines is 2. The molecule has 0 aliphatic carbocycles. The van der Waals surface area contributed by atoms with Gasteiger partial charge in [0.1, 0.15) is 11.5 Å². The molecule has 0 fully saturated rings. The fraction of sp³-hybridized carbons (Fsp3) is 0. The molecule has 6 rings (SSSR count). The molecule has 3 heterocycles. The summed E-state index contributed by atoms with van der Waals surface area (Å²) < 4.78 is 1.78. The maximum Gasteiger partial charge on any atom is 0.154 e. The number of aromatic nitrogens is 4. The number of rotatable bonds is 5. The Labute approximate surface area is 221 Å². The molecule has 0 aliphatic rings. The van der Waals surface area contributed by atoms with Crippen molar-refractivity contribution in [1.82, 2.24) is 19.6 Å². The Balaban J connectivity index is 1.28. The quantitative estimate of drug-likeness (QED) is 0.259. The third-order valence-corrected chi connectivity index (χ3v) is 6.17. The molecule has 5 heteroatoms. The topological polar surface area (TPSA) is 55.1 Å². The summed E-state index contributed by atoms with van der Waals surface area (Å²) in [5.41, 5.74) is 8.47. The van der Waals surface area contributed by atoms with E-state index in [1.165, 1.54) is 0 Å². The fourth-order valence-electron chi connectivity index (χ4n) is 4.21. The molecule has 0 aliphatic heterocycles. The highest BCUT2D eigenvalue weighted by Crippen LogP contribution is 2.29. The maximum atomic E-state index is 4.79. The van der Waals surface area contributed by atoms with Gasteiger partial charge < -0.3 is 5.32 Å². The summed E-state index contributed by atoms with van der Waals surface area (Å²) in [4.78, 5) is 8.97. The molecule has 6 aromatic rings. The summed E-state index contributed by atoms with van der Waals surface area (Å²) in [6.07, 6.45) is 5.33. The van der Waals surface area contributed by atoms with E-state index in [9.17, 15) is 0 Å². The summed E-state index contributed by atoms with van der Waals surface area (Å²) in [5, 5.41) is 8.24. The van der Waals surface area contributed by atoms with Crippen LogP contribution in [-0.2, 0) is 0 Å². The minimum Gasteiger partial charge on any atom is -0.340 e. The summed E-state index contributed by atoms with van der Waals surface area (Å²) in [6, 6.07) is 34.4. The van der Waals surface area contributed by atoms with Crippen LogP contribution in [0.25, 0.3) is 34.1 Å². The molecule has 5 nitrogen and oxygen atoms in total. The van der Waals surface area contributed by atoms with Crippen molar-refractivity contribution in [2.45, 2.75) is 0 Å². The average molecular weight is 490 g/mol. The van der Waals surface area contributed by atoms with Crippen molar-refractivity contribution in [3.8, 4) is 34.2 Å². The zero-order chi connectivity index (χ0) is 25.7. The van der Waals surface area contributed by atoms with Crippen molar-refractivity contribution in [1.29, 1.82) is 0 Å². The Kier molecular flexibility index (Phi) is 6.20. The van der Waals surface area contributed by atoms with E-state index in [0.29, 0.717) is 5.69 Å². The number of fused-ring (bicyclic) bond motifs is 1. The Morgan fingerprint density at radius 1 is 0.763 bits per heavy atom. The van der Waals surface area contributed by atoms with E-state index in [1.807, 2.05) is 84.9 Å². The monoisotopic (exact) mass is 489 g/mol. The van der Waals surface area contributed by atoms with E-state index in [1.54, 1.807) is 16.9 Å². The van der Waals surface area contributed by atoms with Gasteiger partial charge in [-0.1, -0.05) is 91.4 Å². The molecule has 0 radical (unpaired) electrons. The van der Waals surface area contributed by atoms with Crippen LogP contribution < -0.4 is 5.32 Å². The lowest BCUT2D eigenvalue weighted by Gasteiger charge is -2.11. The lowest BCUT2D eigenvalue weighted by atomic mass is 10.0. The molecular weight excluding hydrogens is 466 g/mol. The molecule has 0 amide bonds. The van der Waals surface area contributed by atoms with Gasteiger partial charge in [-0.2, -0.15) is 5.10 Å². The predicted molar refractivity (Wildman–Crippen MR) is 154 cm³/mol. The molecule has 180 valence electrons. The van der Waals surface area contributed by atoms with E-state index < -0.39 is 0 Å². The van der Waals surface area contributed by atoms with E-state index in [2.05, 4.69) is 58.0 Å². The number of pyridine rings is 1. The Morgan fingerprint density at radius 2 is 1.58 bits per heavy atom. The van der Waals surface area contributed by atoms with Gasteiger partial charge in [-0.05, 0) is 47.4 Å². The SMILES string of the molecule is C=Cc1ccc(-c2ccc3ncc(C#Cc4ccnc(Nc5ccccc5-c5ccccc5)c4)n3n2)cc1. The molecular formula is C33H23N5. The molecule has 3 aromatic heterocycles. The molecule has 3 aromatic carbocycles. The third kappa shape index (κ3) is 4.79. The van der Waals surface area contributed by atoms with Gasteiger partial charge in [0.15, 0.2) is 5.65 Å². The van der Waals surface area contributed by atoms with Crippen LogP contribution >= 0.6 is 0 Å². The van der Waals surface area contributed by atoms with E-state index in [-0.39, 0.29) is 0 Å². The molecule has 1 N–H and O–H groups in total. The molecule has 0 bridgehead atoms. The summed E-state index contributed by atoms with van der Waals surface area (Å²) in [5.74, 6) is 7.20. The number of para-hydroxylation sites is 1. The van der Waals surface area contributed by atoms with E-state index >= 15 is 0 Å². The van der Waals surface area contributed by atoms with Gasteiger partial charge in [0.25, 0.3) is 0 Å². The maximum absolute atomic E-state index is 4.79. The van der Waals surface area contributed by atoms with Crippen molar-refractivity contribution in [3.63, 3.8) is 0 Å². The van der Waals surface area contributed by atoms with Crippen LogP contribution in [-0.4, -0.2) is 19.6 Å². The molecule has 38 heavy (non-hydrogen) atoms. The zero-order valence-corrected chi connectivity index (χ0v) is 20.5. The second-order valence-corrected chi connectivity index (χ2v) is 8.67. The van der Waals surface area contributed by atoms with Gasteiger partial charge in [0, 0.05) is 28.6 Å². The smallest absolute Gasteiger partial charge is 0.154 e. The van der Waals surface area contributed by atoms with Crippen LogP contribution in [0, 0.1) is 11.8 Å². The van der Waals surface area contributed by atoms with Gasteiger partial charge >= 0.3 is 0 Å². The average Bonchev–Trinajstić information content (AvgIpc) is 3.39. The Hall–Kier alpha value is -5.47. The first-order valence-corrected chi connectivity index (χ1v) is 12.2. The minimum absolute atomic E-state index is 0.713. The molecule has 0 spiro atoms. The van der Waals surface area contributed by atoms with Gasteiger partial charge in [0.05, 0.1) is 11.9 Å². The molecule has 0 saturated carbocycles. The first-order chi connectivity index (χ1) is 18.8. The zero-order valence-electron chi connectivity index (χ0n) is 20.5.